The zero-order valence-electron chi connectivity index (χ0n) is 7.66. The first-order valence-corrected chi connectivity index (χ1v) is 7.08. The van der Waals surface area contributed by atoms with Gasteiger partial charge in [0.2, 0.25) is 0 Å². The summed E-state index contributed by atoms with van der Waals surface area (Å²) in [6.07, 6.45) is 2.89. The Labute approximate surface area is 113 Å². The highest BCUT2D eigenvalue weighted by Crippen LogP contribution is 2.35. The SMILES string of the molecule is O=C1C[C@H]2O[C@H](C=C(Br)Br)[C@@H](Br)C[C@H]2O1. The lowest BCUT2D eigenvalue weighted by molar-refractivity contribution is -0.143. The number of fused-ring (bicyclic) bond motifs is 1. The molecule has 0 aromatic heterocycles. The van der Waals surface area contributed by atoms with Crippen molar-refractivity contribution in [3.05, 3.63) is 9.47 Å². The number of hydrogen-bond acceptors (Lipinski definition) is 3. The van der Waals surface area contributed by atoms with Gasteiger partial charge in [-0.1, -0.05) is 15.9 Å². The molecule has 2 heterocycles. The van der Waals surface area contributed by atoms with Crippen LogP contribution >= 0.6 is 47.8 Å². The van der Waals surface area contributed by atoms with E-state index in [1.54, 1.807) is 0 Å². The van der Waals surface area contributed by atoms with Crippen LogP contribution in [0.25, 0.3) is 0 Å². The monoisotopic (exact) mass is 402 g/mol. The van der Waals surface area contributed by atoms with Gasteiger partial charge in [0.15, 0.2) is 0 Å². The Morgan fingerprint density at radius 2 is 2.13 bits per heavy atom. The van der Waals surface area contributed by atoms with E-state index in [2.05, 4.69) is 47.8 Å². The molecule has 4 atom stereocenters. The molecule has 15 heavy (non-hydrogen) atoms. The van der Waals surface area contributed by atoms with Gasteiger partial charge in [-0.25, -0.2) is 0 Å². The van der Waals surface area contributed by atoms with Crippen molar-refractivity contribution in [3.8, 4) is 0 Å². The third kappa shape index (κ3) is 2.84. The Morgan fingerprint density at radius 1 is 1.40 bits per heavy atom. The van der Waals surface area contributed by atoms with Crippen molar-refractivity contribution >= 4 is 53.8 Å². The molecule has 0 N–H and O–H groups in total. The van der Waals surface area contributed by atoms with Crippen LogP contribution in [-0.2, 0) is 14.3 Å². The third-order valence-corrected chi connectivity index (χ3v) is 3.93. The van der Waals surface area contributed by atoms with Crippen LogP contribution in [0.1, 0.15) is 12.8 Å². The number of hydrogen-bond donors (Lipinski definition) is 0. The van der Waals surface area contributed by atoms with Crippen LogP contribution in [0.15, 0.2) is 9.47 Å². The summed E-state index contributed by atoms with van der Waals surface area (Å²) in [6.45, 7) is 0. The molecule has 0 amide bonds. The van der Waals surface area contributed by atoms with Crippen molar-refractivity contribution in [3.63, 3.8) is 0 Å². The molecule has 2 rings (SSSR count). The topological polar surface area (TPSA) is 35.5 Å². The van der Waals surface area contributed by atoms with Gasteiger partial charge in [-0.05, 0) is 37.9 Å². The number of ether oxygens (including phenoxy) is 2. The van der Waals surface area contributed by atoms with Crippen LogP contribution in [0, 0.1) is 0 Å². The Balaban J connectivity index is 2.06. The number of carbonyl (C=O) groups excluding carboxylic acids is 1. The van der Waals surface area contributed by atoms with Gasteiger partial charge in [0, 0.05) is 11.2 Å². The lowest BCUT2D eigenvalue weighted by atomic mass is 10.0. The Hall–Kier alpha value is 0.610. The fourth-order valence-electron chi connectivity index (χ4n) is 1.84. The van der Waals surface area contributed by atoms with Crippen LogP contribution in [0.4, 0.5) is 0 Å². The summed E-state index contributed by atoms with van der Waals surface area (Å²) in [4.78, 5) is 11.3. The average Bonchev–Trinajstić information content (AvgIpc) is 2.44. The molecule has 0 unspecified atom stereocenters. The van der Waals surface area contributed by atoms with E-state index in [1.807, 2.05) is 6.08 Å². The molecule has 0 saturated carbocycles. The summed E-state index contributed by atoms with van der Waals surface area (Å²) >= 11 is 10.1. The van der Waals surface area contributed by atoms with Crippen molar-refractivity contribution in [2.24, 2.45) is 0 Å². The molecule has 3 nitrogen and oxygen atoms in total. The van der Waals surface area contributed by atoms with Crippen LogP contribution in [0.3, 0.4) is 0 Å². The maximum absolute atomic E-state index is 11.1. The highest BCUT2D eigenvalue weighted by atomic mass is 79.9. The third-order valence-electron chi connectivity index (χ3n) is 2.50. The summed E-state index contributed by atoms with van der Waals surface area (Å²) in [5, 5.41) is 0. The standard InChI is InChI=1S/C9H9Br3O3/c10-4-1-6-7(3-9(13)15-6)14-5(4)2-8(11)12/h2,4-7H,1,3H2/t4-,5+,6+,7+/m0/s1. The molecular weight excluding hydrogens is 396 g/mol. The maximum atomic E-state index is 11.1. The zero-order valence-corrected chi connectivity index (χ0v) is 12.4. The van der Waals surface area contributed by atoms with Crippen molar-refractivity contribution in [1.29, 1.82) is 0 Å². The first kappa shape index (κ1) is 12.1. The van der Waals surface area contributed by atoms with Gasteiger partial charge >= 0.3 is 5.97 Å². The molecule has 2 aliphatic rings. The molecule has 0 aromatic rings. The average molecular weight is 405 g/mol. The smallest absolute Gasteiger partial charge is 0.308 e. The lowest BCUT2D eigenvalue weighted by Crippen LogP contribution is -2.41. The van der Waals surface area contributed by atoms with E-state index in [1.165, 1.54) is 0 Å². The quantitative estimate of drug-likeness (QED) is 0.498. The minimum atomic E-state index is -0.160. The zero-order chi connectivity index (χ0) is 11.0. The molecule has 84 valence electrons. The summed E-state index contributed by atoms with van der Waals surface area (Å²) < 4.78 is 11.8. The Kier molecular flexibility index (Phi) is 3.91. The van der Waals surface area contributed by atoms with Gasteiger partial charge in [-0.3, -0.25) is 4.79 Å². The molecule has 0 aliphatic carbocycles. The van der Waals surface area contributed by atoms with Crippen LogP contribution in [0.5, 0.6) is 0 Å². The summed E-state index contributed by atoms with van der Waals surface area (Å²) in [7, 11) is 0. The largest absolute Gasteiger partial charge is 0.459 e. The second-order valence-corrected chi connectivity index (χ2v) is 7.53. The Bertz CT molecular complexity index is 301. The molecule has 0 bridgehead atoms. The molecule has 6 heteroatoms. The van der Waals surface area contributed by atoms with Crippen molar-refractivity contribution in [1.82, 2.24) is 0 Å². The minimum absolute atomic E-state index is 0.0329. The highest BCUT2D eigenvalue weighted by Gasteiger charge is 2.43. The second kappa shape index (κ2) is 4.85. The number of halogens is 3. The van der Waals surface area contributed by atoms with E-state index < -0.39 is 0 Å². The summed E-state index contributed by atoms with van der Waals surface area (Å²) in [5.41, 5.74) is 0. The molecule has 0 spiro atoms. The van der Waals surface area contributed by atoms with Gasteiger partial charge in [0.05, 0.1) is 15.9 Å². The van der Waals surface area contributed by atoms with Crippen LogP contribution in [0.2, 0.25) is 0 Å². The van der Waals surface area contributed by atoms with Crippen LogP contribution in [-0.4, -0.2) is 29.1 Å². The first-order chi connectivity index (χ1) is 7.06. The van der Waals surface area contributed by atoms with E-state index >= 15 is 0 Å². The lowest BCUT2D eigenvalue weighted by Gasteiger charge is -2.33. The predicted octanol–water partition coefficient (Wildman–Crippen LogP) is 2.85. The Morgan fingerprint density at radius 3 is 2.80 bits per heavy atom. The minimum Gasteiger partial charge on any atom is -0.459 e. The normalized spacial score (nSPS) is 39.5. The molecular formula is C9H9Br3O3. The molecule has 2 aliphatic heterocycles. The molecule has 0 aromatic carbocycles. The number of carbonyl (C=O) groups is 1. The van der Waals surface area contributed by atoms with E-state index in [0.717, 1.165) is 9.81 Å². The highest BCUT2D eigenvalue weighted by molar-refractivity contribution is 9.28. The van der Waals surface area contributed by atoms with E-state index in [9.17, 15) is 4.79 Å². The molecule has 2 saturated heterocycles. The van der Waals surface area contributed by atoms with Crippen LogP contribution < -0.4 is 0 Å². The molecule has 2 fully saturated rings. The van der Waals surface area contributed by atoms with E-state index in [-0.39, 0.29) is 29.1 Å². The number of rotatable bonds is 1. The van der Waals surface area contributed by atoms with Crippen molar-refractivity contribution in [2.45, 2.75) is 36.0 Å². The summed E-state index contributed by atoms with van der Waals surface area (Å²) in [5.74, 6) is -0.160. The second-order valence-electron chi connectivity index (χ2n) is 3.58. The predicted molar refractivity (Wildman–Crippen MR) is 66.4 cm³/mol. The fraction of sp³-hybridized carbons (Fsp3) is 0.667. The first-order valence-electron chi connectivity index (χ1n) is 4.58. The number of alkyl halides is 1. The van der Waals surface area contributed by atoms with Gasteiger partial charge < -0.3 is 9.47 Å². The van der Waals surface area contributed by atoms with Gasteiger partial charge in [-0.15, -0.1) is 0 Å². The molecule has 0 radical (unpaired) electrons. The number of esters is 1. The van der Waals surface area contributed by atoms with Crippen molar-refractivity contribution < 1.29 is 14.3 Å². The van der Waals surface area contributed by atoms with Gasteiger partial charge in [0.1, 0.15) is 12.2 Å². The van der Waals surface area contributed by atoms with E-state index in [0.29, 0.717) is 6.42 Å². The van der Waals surface area contributed by atoms with Gasteiger partial charge in [0.25, 0.3) is 0 Å². The fourth-order valence-corrected chi connectivity index (χ4v) is 3.00. The summed E-state index contributed by atoms with van der Waals surface area (Å²) in [6, 6.07) is 0. The maximum Gasteiger partial charge on any atom is 0.308 e. The van der Waals surface area contributed by atoms with E-state index in [4.69, 9.17) is 9.47 Å². The van der Waals surface area contributed by atoms with Gasteiger partial charge in [-0.2, -0.15) is 0 Å². The van der Waals surface area contributed by atoms with Crippen molar-refractivity contribution in [2.75, 3.05) is 0 Å².